The lowest BCUT2D eigenvalue weighted by atomic mass is 10.0. The third-order valence-electron chi connectivity index (χ3n) is 2.67. The van der Waals surface area contributed by atoms with Crippen molar-refractivity contribution in [1.29, 1.82) is 0 Å². The van der Waals surface area contributed by atoms with Crippen molar-refractivity contribution in [1.82, 2.24) is 10.2 Å². The first-order chi connectivity index (χ1) is 6.63. The smallest absolute Gasteiger partial charge is 0.404 e. The van der Waals surface area contributed by atoms with Gasteiger partial charge in [0.1, 0.15) is 0 Å². The van der Waals surface area contributed by atoms with Gasteiger partial charge < -0.3 is 15.5 Å². The zero-order chi connectivity index (χ0) is 10.6. The van der Waals surface area contributed by atoms with Crippen LogP contribution in [-0.4, -0.2) is 53.0 Å². The van der Waals surface area contributed by atoms with E-state index < -0.39 is 6.09 Å². The molecule has 0 aliphatic carbocycles. The van der Waals surface area contributed by atoms with E-state index >= 15 is 0 Å². The first-order valence-corrected chi connectivity index (χ1v) is 4.98. The molecule has 0 spiro atoms. The second-order valence-corrected chi connectivity index (χ2v) is 3.82. The molecule has 1 aliphatic heterocycles. The summed E-state index contributed by atoms with van der Waals surface area (Å²) >= 11 is 0. The number of nitrogens with one attached hydrogen (secondary N) is 1. The highest BCUT2D eigenvalue weighted by molar-refractivity contribution is 5.64. The van der Waals surface area contributed by atoms with Gasteiger partial charge in [-0.05, 0) is 26.3 Å². The summed E-state index contributed by atoms with van der Waals surface area (Å²) in [4.78, 5) is 12.5. The van der Waals surface area contributed by atoms with Crippen LogP contribution < -0.4 is 5.32 Å². The van der Waals surface area contributed by atoms with Gasteiger partial charge in [0.15, 0.2) is 0 Å². The lowest BCUT2D eigenvalue weighted by molar-refractivity contribution is 0.0976. The van der Waals surface area contributed by atoms with Gasteiger partial charge in [-0.15, -0.1) is 0 Å². The van der Waals surface area contributed by atoms with Crippen LogP contribution in [0.5, 0.6) is 0 Å². The summed E-state index contributed by atoms with van der Waals surface area (Å²) in [7, 11) is 0. The number of amides is 1. The van der Waals surface area contributed by atoms with E-state index in [0.29, 0.717) is 6.54 Å². The average molecular weight is 202 g/mol. The Balaban J connectivity index is 2.39. The van der Waals surface area contributed by atoms with Crippen molar-refractivity contribution in [3.63, 3.8) is 0 Å². The third kappa shape index (κ3) is 3.16. The van der Waals surface area contributed by atoms with Gasteiger partial charge in [-0.2, -0.15) is 0 Å². The summed E-state index contributed by atoms with van der Waals surface area (Å²) in [5.74, 6) is 0. The van der Waals surface area contributed by atoms with Crippen LogP contribution in [0, 0.1) is 0 Å². The van der Waals surface area contributed by atoms with Gasteiger partial charge in [-0.3, -0.25) is 4.90 Å². The summed E-state index contributed by atoms with van der Waals surface area (Å²) in [6.45, 7) is 3.72. The van der Waals surface area contributed by atoms with E-state index in [-0.39, 0.29) is 18.7 Å². The van der Waals surface area contributed by atoms with E-state index in [1.165, 1.54) is 0 Å². The minimum atomic E-state index is -0.964. The Labute approximate surface area is 83.7 Å². The van der Waals surface area contributed by atoms with Crippen molar-refractivity contribution in [2.24, 2.45) is 0 Å². The molecule has 0 radical (unpaired) electrons. The summed E-state index contributed by atoms with van der Waals surface area (Å²) in [6, 6.07) is 0.128. The highest BCUT2D eigenvalue weighted by Crippen LogP contribution is 2.12. The molecule has 14 heavy (non-hydrogen) atoms. The fraction of sp³-hybridized carbons (Fsp3) is 0.889. The molecular weight excluding hydrogens is 184 g/mol. The molecule has 5 heteroatoms. The van der Waals surface area contributed by atoms with Gasteiger partial charge in [-0.25, -0.2) is 4.79 Å². The maximum atomic E-state index is 10.4. The molecule has 0 aromatic carbocycles. The molecule has 2 atom stereocenters. The summed E-state index contributed by atoms with van der Waals surface area (Å²) in [5.41, 5.74) is 0. The van der Waals surface area contributed by atoms with E-state index in [9.17, 15) is 4.79 Å². The molecule has 1 unspecified atom stereocenters. The van der Waals surface area contributed by atoms with Crippen LogP contribution in [0.15, 0.2) is 0 Å². The number of piperidine rings is 1. The first kappa shape index (κ1) is 11.3. The second kappa shape index (κ2) is 5.17. The maximum absolute atomic E-state index is 10.4. The average Bonchev–Trinajstić information content (AvgIpc) is 2.16. The van der Waals surface area contributed by atoms with Gasteiger partial charge in [0, 0.05) is 18.6 Å². The van der Waals surface area contributed by atoms with Crippen LogP contribution in [-0.2, 0) is 0 Å². The minimum Gasteiger partial charge on any atom is -0.465 e. The number of aliphatic hydroxyl groups excluding tert-OH is 1. The normalized spacial score (nSPS) is 25.7. The van der Waals surface area contributed by atoms with Crippen LogP contribution in [0.1, 0.15) is 19.8 Å². The van der Waals surface area contributed by atoms with Crippen molar-refractivity contribution in [2.45, 2.75) is 31.8 Å². The molecule has 1 fully saturated rings. The second-order valence-electron chi connectivity index (χ2n) is 3.82. The quantitative estimate of drug-likeness (QED) is 0.607. The predicted molar refractivity (Wildman–Crippen MR) is 52.3 cm³/mol. The molecule has 0 saturated carbocycles. The molecule has 1 heterocycles. The Bertz CT molecular complexity index is 198. The van der Waals surface area contributed by atoms with Gasteiger partial charge in [0.05, 0.1) is 6.61 Å². The zero-order valence-electron chi connectivity index (χ0n) is 8.44. The number of carboxylic acid groups (broad SMARTS) is 1. The van der Waals surface area contributed by atoms with E-state index in [2.05, 4.69) is 10.2 Å². The molecule has 82 valence electrons. The zero-order valence-corrected chi connectivity index (χ0v) is 8.44. The van der Waals surface area contributed by atoms with E-state index in [1.807, 2.05) is 6.92 Å². The molecule has 0 aromatic rings. The lowest BCUT2D eigenvalue weighted by Crippen LogP contribution is -2.50. The summed E-state index contributed by atoms with van der Waals surface area (Å²) in [6.07, 6.45) is 0.907. The molecule has 0 aromatic heterocycles. The number of rotatable bonds is 3. The Morgan fingerprint density at radius 2 is 2.43 bits per heavy atom. The van der Waals surface area contributed by atoms with E-state index in [4.69, 9.17) is 10.2 Å². The summed E-state index contributed by atoms with van der Waals surface area (Å²) < 4.78 is 0. The standard InChI is InChI=1S/C9H18N2O3/c1-7(6-12)11-4-2-3-8(5-11)10-9(13)14/h7-8,10,12H,2-6H2,1H3,(H,13,14)/t7?,8-/m1/s1. The van der Waals surface area contributed by atoms with Crippen molar-refractivity contribution in [2.75, 3.05) is 19.7 Å². The fourth-order valence-corrected chi connectivity index (χ4v) is 1.81. The molecule has 1 saturated heterocycles. The topological polar surface area (TPSA) is 72.8 Å². The number of likely N-dealkylation sites (tertiary alicyclic amines) is 1. The van der Waals surface area contributed by atoms with Gasteiger partial charge >= 0.3 is 6.09 Å². The van der Waals surface area contributed by atoms with Gasteiger partial charge in [0.2, 0.25) is 0 Å². The van der Waals surface area contributed by atoms with Crippen molar-refractivity contribution in [3.05, 3.63) is 0 Å². The Kier molecular flexibility index (Phi) is 4.16. The fourth-order valence-electron chi connectivity index (χ4n) is 1.81. The Hall–Kier alpha value is -0.810. The number of hydrogen-bond acceptors (Lipinski definition) is 3. The van der Waals surface area contributed by atoms with E-state index in [0.717, 1.165) is 19.4 Å². The third-order valence-corrected chi connectivity index (χ3v) is 2.67. The van der Waals surface area contributed by atoms with Crippen LogP contribution >= 0.6 is 0 Å². The number of hydrogen-bond donors (Lipinski definition) is 3. The largest absolute Gasteiger partial charge is 0.465 e. The van der Waals surface area contributed by atoms with Crippen LogP contribution in [0.25, 0.3) is 0 Å². The molecule has 5 nitrogen and oxygen atoms in total. The monoisotopic (exact) mass is 202 g/mol. The lowest BCUT2D eigenvalue weighted by Gasteiger charge is -2.35. The van der Waals surface area contributed by atoms with Crippen LogP contribution in [0.2, 0.25) is 0 Å². The molecule has 1 amide bonds. The van der Waals surface area contributed by atoms with Crippen LogP contribution in [0.4, 0.5) is 4.79 Å². The first-order valence-electron chi connectivity index (χ1n) is 4.98. The molecule has 1 rings (SSSR count). The van der Waals surface area contributed by atoms with Crippen molar-refractivity contribution in [3.8, 4) is 0 Å². The van der Waals surface area contributed by atoms with Crippen molar-refractivity contribution < 1.29 is 15.0 Å². The number of carbonyl (C=O) groups is 1. The Morgan fingerprint density at radius 3 is 3.00 bits per heavy atom. The SMILES string of the molecule is CC(CO)N1CCC[C@@H](NC(=O)O)C1. The summed E-state index contributed by atoms with van der Waals surface area (Å²) in [5, 5.41) is 20.0. The Morgan fingerprint density at radius 1 is 1.71 bits per heavy atom. The maximum Gasteiger partial charge on any atom is 0.404 e. The van der Waals surface area contributed by atoms with Gasteiger partial charge in [-0.1, -0.05) is 0 Å². The van der Waals surface area contributed by atoms with Crippen LogP contribution in [0.3, 0.4) is 0 Å². The highest BCUT2D eigenvalue weighted by Gasteiger charge is 2.23. The number of nitrogens with zero attached hydrogens (tertiary/aromatic N) is 1. The molecule has 0 bridgehead atoms. The molecular formula is C9H18N2O3. The number of aliphatic hydroxyl groups is 1. The van der Waals surface area contributed by atoms with Crippen molar-refractivity contribution >= 4 is 6.09 Å². The molecule has 1 aliphatic rings. The molecule has 3 N–H and O–H groups in total. The minimum absolute atomic E-state index is 0.00949. The van der Waals surface area contributed by atoms with E-state index in [1.54, 1.807) is 0 Å². The van der Waals surface area contributed by atoms with Gasteiger partial charge in [0.25, 0.3) is 0 Å². The predicted octanol–water partition coefficient (Wildman–Crippen LogP) is 0.0992. The highest BCUT2D eigenvalue weighted by atomic mass is 16.4.